The first-order chi connectivity index (χ1) is 14.9. The molecule has 0 spiro atoms. The van der Waals surface area contributed by atoms with Crippen molar-refractivity contribution in [2.75, 3.05) is 19.6 Å². The van der Waals surface area contributed by atoms with Crippen LogP contribution in [0.2, 0.25) is 0 Å². The van der Waals surface area contributed by atoms with Crippen LogP contribution in [0.25, 0.3) is 0 Å². The summed E-state index contributed by atoms with van der Waals surface area (Å²) in [6.45, 7) is 16.7. The van der Waals surface area contributed by atoms with Gasteiger partial charge in [0.1, 0.15) is 6.54 Å². The maximum atomic E-state index is 13.4. The van der Waals surface area contributed by atoms with Gasteiger partial charge in [-0.1, -0.05) is 60.6 Å². The lowest BCUT2D eigenvalue weighted by Crippen LogP contribution is -2.45. The van der Waals surface area contributed by atoms with E-state index in [0.29, 0.717) is 31.1 Å². The highest BCUT2D eigenvalue weighted by molar-refractivity contribution is 5.96. The highest BCUT2D eigenvalue weighted by Crippen LogP contribution is 2.23. The van der Waals surface area contributed by atoms with E-state index in [1.807, 2.05) is 59.1 Å². The number of hydrogen-bond donors (Lipinski definition) is 0. The molecule has 1 aromatic heterocycles. The van der Waals surface area contributed by atoms with E-state index in [-0.39, 0.29) is 29.7 Å². The van der Waals surface area contributed by atoms with E-state index < -0.39 is 0 Å². The van der Waals surface area contributed by atoms with E-state index in [4.69, 9.17) is 0 Å². The molecule has 5 nitrogen and oxygen atoms in total. The van der Waals surface area contributed by atoms with Crippen molar-refractivity contribution in [2.45, 2.75) is 60.4 Å². The van der Waals surface area contributed by atoms with Crippen LogP contribution in [0.15, 0.2) is 42.6 Å². The number of benzene rings is 1. The SMILES string of the molecule is CC(C)CN(Cc1cccn1C)C(=O)CN(CC(C)C)C(=O)c1ccc(C(C)(C)C)cc1. The maximum Gasteiger partial charge on any atom is 0.254 e. The van der Waals surface area contributed by atoms with E-state index in [0.717, 1.165) is 5.69 Å². The first-order valence-electron chi connectivity index (χ1n) is 11.7. The van der Waals surface area contributed by atoms with Crippen molar-refractivity contribution in [3.63, 3.8) is 0 Å². The van der Waals surface area contributed by atoms with Crippen LogP contribution in [0.1, 0.15) is 70.1 Å². The fourth-order valence-electron chi connectivity index (χ4n) is 3.77. The van der Waals surface area contributed by atoms with E-state index >= 15 is 0 Å². The van der Waals surface area contributed by atoms with Gasteiger partial charge in [0.15, 0.2) is 0 Å². The first kappa shape index (κ1) is 25.7. The molecule has 0 fully saturated rings. The second-order valence-corrected chi connectivity index (χ2v) is 10.7. The minimum atomic E-state index is -0.0872. The predicted molar refractivity (Wildman–Crippen MR) is 132 cm³/mol. The molecule has 0 aliphatic carbocycles. The van der Waals surface area contributed by atoms with Gasteiger partial charge in [-0.15, -0.1) is 0 Å². The van der Waals surface area contributed by atoms with Crippen LogP contribution in [0.5, 0.6) is 0 Å². The Kier molecular flexibility index (Phi) is 8.71. The molecule has 32 heavy (non-hydrogen) atoms. The van der Waals surface area contributed by atoms with Gasteiger partial charge in [0.25, 0.3) is 5.91 Å². The maximum absolute atomic E-state index is 13.4. The van der Waals surface area contributed by atoms with Crippen LogP contribution in [0, 0.1) is 11.8 Å². The summed E-state index contributed by atoms with van der Waals surface area (Å²) in [5.74, 6) is 0.515. The Labute approximate surface area is 194 Å². The lowest BCUT2D eigenvalue weighted by Gasteiger charge is -2.30. The normalized spacial score (nSPS) is 11.8. The fourth-order valence-corrected chi connectivity index (χ4v) is 3.77. The van der Waals surface area contributed by atoms with Gasteiger partial charge in [0, 0.05) is 37.6 Å². The number of rotatable bonds is 9. The lowest BCUT2D eigenvalue weighted by atomic mass is 9.86. The third-order valence-electron chi connectivity index (χ3n) is 5.54. The van der Waals surface area contributed by atoms with Crippen molar-refractivity contribution in [1.82, 2.24) is 14.4 Å². The van der Waals surface area contributed by atoms with E-state index in [2.05, 4.69) is 48.5 Å². The molecule has 1 aromatic carbocycles. The third kappa shape index (κ3) is 7.25. The molecule has 176 valence electrons. The molecule has 0 aliphatic heterocycles. The summed E-state index contributed by atoms with van der Waals surface area (Å²) in [4.78, 5) is 30.3. The molecule has 2 amide bonds. The van der Waals surface area contributed by atoms with E-state index in [1.165, 1.54) is 5.56 Å². The number of amides is 2. The number of aromatic nitrogens is 1. The summed E-state index contributed by atoms with van der Waals surface area (Å²) >= 11 is 0. The monoisotopic (exact) mass is 439 g/mol. The van der Waals surface area contributed by atoms with Crippen LogP contribution in [-0.2, 0) is 23.8 Å². The molecule has 2 rings (SSSR count). The summed E-state index contributed by atoms with van der Waals surface area (Å²) in [5.41, 5.74) is 2.93. The number of aryl methyl sites for hydroxylation is 1. The molecule has 0 saturated carbocycles. The van der Waals surface area contributed by atoms with Crippen LogP contribution in [-0.4, -0.2) is 45.8 Å². The second kappa shape index (κ2) is 10.8. The van der Waals surface area contributed by atoms with Crippen molar-refractivity contribution in [2.24, 2.45) is 18.9 Å². The topological polar surface area (TPSA) is 45.6 Å². The zero-order valence-corrected chi connectivity index (χ0v) is 21.2. The highest BCUT2D eigenvalue weighted by Gasteiger charge is 2.24. The smallest absolute Gasteiger partial charge is 0.254 e. The van der Waals surface area contributed by atoms with Gasteiger partial charge in [-0.25, -0.2) is 0 Å². The predicted octanol–water partition coefficient (Wildman–Crippen LogP) is 5.11. The van der Waals surface area contributed by atoms with Gasteiger partial charge < -0.3 is 14.4 Å². The molecule has 0 bridgehead atoms. The summed E-state index contributed by atoms with van der Waals surface area (Å²) in [5, 5.41) is 0. The Morgan fingerprint density at radius 3 is 1.94 bits per heavy atom. The van der Waals surface area contributed by atoms with E-state index in [9.17, 15) is 9.59 Å². The Hall–Kier alpha value is -2.56. The summed E-state index contributed by atoms with van der Waals surface area (Å²) in [7, 11) is 1.99. The Balaban J connectivity index is 2.22. The van der Waals surface area contributed by atoms with E-state index in [1.54, 1.807) is 4.90 Å². The van der Waals surface area contributed by atoms with Gasteiger partial charge in [-0.3, -0.25) is 9.59 Å². The molecular weight excluding hydrogens is 398 g/mol. The van der Waals surface area contributed by atoms with Gasteiger partial charge in [-0.2, -0.15) is 0 Å². The van der Waals surface area contributed by atoms with Crippen molar-refractivity contribution in [1.29, 1.82) is 0 Å². The summed E-state index contributed by atoms with van der Waals surface area (Å²) < 4.78 is 2.04. The minimum Gasteiger partial charge on any atom is -0.353 e. The van der Waals surface area contributed by atoms with Crippen molar-refractivity contribution in [3.05, 3.63) is 59.4 Å². The van der Waals surface area contributed by atoms with Gasteiger partial charge in [-0.05, 0) is 47.1 Å². The van der Waals surface area contributed by atoms with Crippen molar-refractivity contribution < 1.29 is 9.59 Å². The largest absolute Gasteiger partial charge is 0.353 e. The minimum absolute atomic E-state index is 0.0137. The van der Waals surface area contributed by atoms with Gasteiger partial charge >= 0.3 is 0 Å². The van der Waals surface area contributed by atoms with Crippen LogP contribution in [0.3, 0.4) is 0 Å². The lowest BCUT2D eigenvalue weighted by molar-refractivity contribution is -0.133. The average molecular weight is 440 g/mol. The Bertz CT molecular complexity index is 888. The van der Waals surface area contributed by atoms with Gasteiger partial charge in [0.05, 0.1) is 6.54 Å². The Morgan fingerprint density at radius 2 is 1.47 bits per heavy atom. The molecule has 0 atom stereocenters. The first-order valence-corrected chi connectivity index (χ1v) is 11.7. The van der Waals surface area contributed by atoms with Crippen molar-refractivity contribution >= 4 is 11.8 Å². The standard InChI is InChI=1S/C27H41N3O2/c1-20(2)16-29(18-24-10-9-15-28(24)8)25(31)19-30(17-21(3)4)26(32)22-11-13-23(14-12-22)27(5,6)7/h9-15,20-21H,16-19H2,1-8H3. The van der Waals surface area contributed by atoms with Crippen molar-refractivity contribution in [3.8, 4) is 0 Å². The Morgan fingerprint density at radius 1 is 0.906 bits per heavy atom. The molecule has 1 heterocycles. The number of carbonyl (C=O) groups is 2. The molecule has 0 N–H and O–H groups in total. The number of nitrogens with zero attached hydrogens (tertiary/aromatic N) is 3. The average Bonchev–Trinajstić information content (AvgIpc) is 3.09. The summed E-state index contributed by atoms with van der Waals surface area (Å²) in [6.07, 6.45) is 1.99. The molecule has 0 saturated heterocycles. The van der Waals surface area contributed by atoms with Crippen LogP contribution < -0.4 is 0 Å². The highest BCUT2D eigenvalue weighted by atomic mass is 16.2. The molecule has 0 radical (unpaired) electrons. The fraction of sp³-hybridized carbons (Fsp3) is 0.556. The summed E-state index contributed by atoms with van der Waals surface area (Å²) in [6, 6.07) is 11.8. The van der Waals surface area contributed by atoms with Gasteiger partial charge in [0.2, 0.25) is 5.91 Å². The molecule has 0 aliphatic rings. The third-order valence-corrected chi connectivity index (χ3v) is 5.54. The molecule has 0 unspecified atom stereocenters. The zero-order valence-electron chi connectivity index (χ0n) is 21.2. The quantitative estimate of drug-likeness (QED) is 0.545. The molecular formula is C27H41N3O2. The zero-order chi connectivity index (χ0) is 24.1. The number of hydrogen-bond acceptors (Lipinski definition) is 2. The van der Waals surface area contributed by atoms with Crippen LogP contribution in [0.4, 0.5) is 0 Å². The number of carbonyl (C=O) groups excluding carboxylic acids is 2. The second-order valence-electron chi connectivity index (χ2n) is 10.7. The molecule has 2 aromatic rings. The van der Waals surface area contributed by atoms with Crippen LogP contribution >= 0.6 is 0 Å². The molecule has 5 heteroatoms.